The van der Waals surface area contributed by atoms with Gasteiger partial charge in [-0.3, -0.25) is 0 Å². The van der Waals surface area contributed by atoms with Gasteiger partial charge < -0.3 is 14.8 Å². The van der Waals surface area contributed by atoms with Crippen molar-refractivity contribution < 1.29 is 14.8 Å². The molecule has 5 heteroatoms. The Morgan fingerprint density at radius 2 is 2.00 bits per heavy atom. The standard InChI is InChI=1S/C13H16BNO3/c1-8(2)9-5-4-6-12-10(9)7-11(14(16)17)13(15-12)18-3/h4-8,16-17H,1-3H3. The summed E-state index contributed by atoms with van der Waals surface area (Å²) in [5, 5.41) is 19.6. The average molecular weight is 245 g/mol. The summed E-state index contributed by atoms with van der Waals surface area (Å²) >= 11 is 0. The quantitative estimate of drug-likeness (QED) is 0.793. The van der Waals surface area contributed by atoms with E-state index in [1.165, 1.54) is 7.11 Å². The van der Waals surface area contributed by atoms with Gasteiger partial charge in [-0.1, -0.05) is 26.0 Å². The molecule has 0 unspecified atom stereocenters. The van der Waals surface area contributed by atoms with Crippen LogP contribution in [0.4, 0.5) is 0 Å². The summed E-state index contributed by atoms with van der Waals surface area (Å²) in [4.78, 5) is 4.32. The molecule has 0 amide bonds. The second-order valence-corrected chi connectivity index (χ2v) is 4.53. The van der Waals surface area contributed by atoms with Crippen molar-refractivity contribution in [3.8, 4) is 5.88 Å². The largest absolute Gasteiger partial charge is 0.494 e. The average Bonchev–Trinajstić information content (AvgIpc) is 2.35. The van der Waals surface area contributed by atoms with Crippen LogP contribution in [0, 0.1) is 0 Å². The molecule has 0 saturated heterocycles. The van der Waals surface area contributed by atoms with Crippen molar-refractivity contribution in [2.45, 2.75) is 19.8 Å². The third kappa shape index (κ3) is 2.19. The number of fused-ring (bicyclic) bond motifs is 1. The van der Waals surface area contributed by atoms with E-state index in [-0.39, 0.29) is 11.3 Å². The van der Waals surface area contributed by atoms with Crippen LogP contribution in [0.1, 0.15) is 25.3 Å². The molecule has 18 heavy (non-hydrogen) atoms. The number of pyridine rings is 1. The van der Waals surface area contributed by atoms with Crippen LogP contribution in [0.2, 0.25) is 0 Å². The highest BCUT2D eigenvalue weighted by Gasteiger charge is 2.20. The molecule has 4 nitrogen and oxygen atoms in total. The van der Waals surface area contributed by atoms with Gasteiger partial charge in [0, 0.05) is 10.8 Å². The Bertz CT molecular complexity index is 569. The van der Waals surface area contributed by atoms with Crippen LogP contribution in [0.15, 0.2) is 24.3 Å². The monoisotopic (exact) mass is 245 g/mol. The molecule has 0 aliphatic rings. The predicted octanol–water partition coefficient (Wildman–Crippen LogP) is 1.05. The van der Waals surface area contributed by atoms with E-state index in [2.05, 4.69) is 18.8 Å². The molecule has 2 aromatic rings. The number of methoxy groups -OCH3 is 1. The number of hydrogen-bond donors (Lipinski definition) is 2. The fourth-order valence-corrected chi connectivity index (χ4v) is 2.07. The van der Waals surface area contributed by atoms with Gasteiger partial charge in [0.25, 0.3) is 0 Å². The predicted molar refractivity (Wildman–Crippen MR) is 72.2 cm³/mol. The van der Waals surface area contributed by atoms with E-state index >= 15 is 0 Å². The maximum Gasteiger partial charge on any atom is 0.494 e. The maximum atomic E-state index is 9.36. The summed E-state index contributed by atoms with van der Waals surface area (Å²) in [6, 6.07) is 7.59. The number of benzene rings is 1. The molecule has 94 valence electrons. The normalized spacial score (nSPS) is 11.0. The van der Waals surface area contributed by atoms with Crippen molar-refractivity contribution in [3.05, 3.63) is 29.8 Å². The lowest BCUT2D eigenvalue weighted by molar-refractivity contribution is 0.392. The SMILES string of the molecule is COc1nc2cccc(C(C)C)c2cc1B(O)O. The lowest BCUT2D eigenvalue weighted by Crippen LogP contribution is -2.32. The van der Waals surface area contributed by atoms with E-state index in [4.69, 9.17) is 4.74 Å². The smallest absolute Gasteiger partial charge is 0.481 e. The van der Waals surface area contributed by atoms with Crippen molar-refractivity contribution in [2.75, 3.05) is 7.11 Å². The van der Waals surface area contributed by atoms with Gasteiger partial charge in [0.2, 0.25) is 5.88 Å². The minimum absolute atomic E-state index is 0.249. The summed E-state index contributed by atoms with van der Waals surface area (Å²) in [6.45, 7) is 4.18. The van der Waals surface area contributed by atoms with Gasteiger partial charge in [-0.25, -0.2) is 4.98 Å². The van der Waals surface area contributed by atoms with Gasteiger partial charge in [0.1, 0.15) is 0 Å². The Morgan fingerprint density at radius 1 is 1.28 bits per heavy atom. The Kier molecular flexibility index (Phi) is 3.54. The number of ether oxygens (including phenoxy) is 1. The third-order valence-corrected chi connectivity index (χ3v) is 2.98. The molecule has 2 rings (SSSR count). The molecule has 0 aliphatic heterocycles. The Hall–Kier alpha value is -1.59. The fraction of sp³-hybridized carbons (Fsp3) is 0.308. The maximum absolute atomic E-state index is 9.36. The summed E-state index contributed by atoms with van der Waals surface area (Å²) in [6.07, 6.45) is 0. The van der Waals surface area contributed by atoms with Gasteiger partial charge in [0.15, 0.2) is 0 Å². The van der Waals surface area contributed by atoms with Crippen molar-refractivity contribution in [1.82, 2.24) is 4.98 Å². The lowest BCUT2D eigenvalue weighted by Gasteiger charge is -2.13. The molecule has 0 saturated carbocycles. The van der Waals surface area contributed by atoms with Gasteiger partial charge in [0.05, 0.1) is 12.6 Å². The molecule has 1 heterocycles. The first kappa shape index (κ1) is 12.9. The van der Waals surface area contributed by atoms with Crippen LogP contribution < -0.4 is 10.2 Å². The first-order valence-electron chi connectivity index (χ1n) is 5.88. The molecule has 0 radical (unpaired) electrons. The lowest BCUT2D eigenvalue weighted by atomic mass is 9.79. The molecule has 0 aliphatic carbocycles. The van der Waals surface area contributed by atoms with Crippen LogP contribution in [0.3, 0.4) is 0 Å². The second-order valence-electron chi connectivity index (χ2n) is 4.53. The zero-order valence-corrected chi connectivity index (χ0v) is 10.7. The van der Waals surface area contributed by atoms with Gasteiger partial charge in [-0.05, 0) is 23.6 Å². The number of rotatable bonds is 3. The number of aromatic nitrogens is 1. The van der Waals surface area contributed by atoms with Crippen LogP contribution in [0.5, 0.6) is 5.88 Å². The zero-order valence-electron chi connectivity index (χ0n) is 10.7. The molecule has 0 spiro atoms. The van der Waals surface area contributed by atoms with Crippen molar-refractivity contribution in [3.63, 3.8) is 0 Å². The highest BCUT2D eigenvalue weighted by atomic mass is 16.5. The molecule has 2 N–H and O–H groups in total. The Morgan fingerprint density at radius 3 is 2.56 bits per heavy atom. The molecule has 1 aromatic carbocycles. The van der Waals surface area contributed by atoms with Crippen LogP contribution >= 0.6 is 0 Å². The van der Waals surface area contributed by atoms with E-state index in [1.807, 2.05) is 18.2 Å². The first-order chi connectivity index (χ1) is 8.54. The number of hydrogen-bond acceptors (Lipinski definition) is 4. The van der Waals surface area contributed by atoms with E-state index in [1.54, 1.807) is 6.07 Å². The molecular weight excluding hydrogens is 229 g/mol. The molecule has 0 bridgehead atoms. The highest BCUT2D eigenvalue weighted by molar-refractivity contribution is 6.60. The zero-order chi connectivity index (χ0) is 13.3. The number of nitrogens with zero attached hydrogens (tertiary/aromatic N) is 1. The minimum atomic E-state index is -1.59. The van der Waals surface area contributed by atoms with Gasteiger partial charge in [-0.15, -0.1) is 0 Å². The summed E-state index contributed by atoms with van der Waals surface area (Å²) in [7, 11) is -0.121. The molecule has 0 atom stereocenters. The second kappa shape index (κ2) is 4.96. The van der Waals surface area contributed by atoms with Crippen molar-refractivity contribution in [1.29, 1.82) is 0 Å². The first-order valence-corrected chi connectivity index (χ1v) is 5.88. The van der Waals surface area contributed by atoms with E-state index in [9.17, 15) is 10.0 Å². The third-order valence-electron chi connectivity index (χ3n) is 2.98. The van der Waals surface area contributed by atoms with Crippen LogP contribution in [-0.2, 0) is 0 Å². The topological polar surface area (TPSA) is 62.6 Å². The highest BCUT2D eigenvalue weighted by Crippen LogP contribution is 2.25. The van der Waals surface area contributed by atoms with E-state index < -0.39 is 7.12 Å². The van der Waals surface area contributed by atoms with Crippen molar-refractivity contribution in [2.24, 2.45) is 0 Å². The van der Waals surface area contributed by atoms with Crippen molar-refractivity contribution >= 4 is 23.5 Å². The Balaban J connectivity index is 2.75. The molecular formula is C13H16BNO3. The van der Waals surface area contributed by atoms with Crippen LogP contribution in [-0.4, -0.2) is 29.3 Å². The van der Waals surface area contributed by atoms with Gasteiger partial charge in [-0.2, -0.15) is 0 Å². The summed E-state index contributed by atoms with van der Waals surface area (Å²) in [5.41, 5.74) is 2.21. The summed E-state index contributed by atoms with van der Waals surface area (Å²) < 4.78 is 5.08. The fourth-order valence-electron chi connectivity index (χ4n) is 2.07. The van der Waals surface area contributed by atoms with Gasteiger partial charge >= 0.3 is 7.12 Å². The minimum Gasteiger partial charge on any atom is -0.481 e. The molecule has 1 aromatic heterocycles. The van der Waals surface area contributed by atoms with Crippen LogP contribution in [0.25, 0.3) is 10.9 Å². The summed E-state index contributed by atoms with van der Waals surface area (Å²) in [5.74, 6) is 0.589. The Labute approximate surface area is 106 Å². The van der Waals surface area contributed by atoms with E-state index in [0.29, 0.717) is 5.92 Å². The van der Waals surface area contributed by atoms with E-state index in [0.717, 1.165) is 16.5 Å². The molecule has 0 fully saturated rings.